The van der Waals surface area contributed by atoms with Crippen molar-refractivity contribution in [2.24, 2.45) is 0 Å². The minimum absolute atomic E-state index is 0.0235. The number of nitrogens with zero attached hydrogens (tertiary/aromatic N) is 1. The lowest BCUT2D eigenvalue weighted by Gasteiger charge is -2.29. The van der Waals surface area contributed by atoms with Crippen molar-refractivity contribution in [2.45, 2.75) is 6.92 Å². The van der Waals surface area contributed by atoms with Crippen molar-refractivity contribution in [2.75, 3.05) is 12.0 Å². The molecule has 1 aliphatic heterocycles. The second-order valence-corrected chi connectivity index (χ2v) is 7.09. The van der Waals surface area contributed by atoms with Crippen LogP contribution in [0.1, 0.15) is 11.1 Å². The predicted octanol–water partition coefficient (Wildman–Crippen LogP) is 3.99. The van der Waals surface area contributed by atoms with Gasteiger partial charge in [-0.15, -0.1) is 0 Å². The highest BCUT2D eigenvalue weighted by Gasteiger charge is 2.34. The van der Waals surface area contributed by atoms with Gasteiger partial charge in [0, 0.05) is 5.39 Å². The number of hydrogen-bond donors (Lipinski definition) is 1. The summed E-state index contributed by atoms with van der Waals surface area (Å²) < 4.78 is 5.42. The van der Waals surface area contributed by atoms with Crippen LogP contribution < -0.4 is 15.0 Å². The lowest BCUT2D eigenvalue weighted by molar-refractivity contribution is -0.122. The molecule has 3 aromatic rings. The highest BCUT2D eigenvalue weighted by Crippen LogP contribution is 2.30. The third-order valence-corrected chi connectivity index (χ3v) is 5.08. The number of rotatable bonds is 3. The first-order chi connectivity index (χ1) is 14.0. The van der Waals surface area contributed by atoms with Crippen LogP contribution >= 0.6 is 12.2 Å². The van der Waals surface area contributed by atoms with Crippen molar-refractivity contribution in [1.29, 1.82) is 0 Å². The van der Waals surface area contributed by atoms with Gasteiger partial charge in [-0.2, -0.15) is 0 Å². The molecular weight excluding hydrogens is 384 g/mol. The molecule has 0 saturated carbocycles. The molecule has 1 N–H and O–H groups in total. The molecule has 3 aromatic carbocycles. The van der Waals surface area contributed by atoms with Crippen molar-refractivity contribution in [1.82, 2.24) is 5.32 Å². The predicted molar refractivity (Wildman–Crippen MR) is 118 cm³/mol. The number of thiocarbonyl (C=S) groups is 1. The summed E-state index contributed by atoms with van der Waals surface area (Å²) in [7, 11) is 1.61. The van der Waals surface area contributed by atoms with Gasteiger partial charge in [0.15, 0.2) is 5.11 Å². The molecule has 0 bridgehead atoms. The molecule has 1 saturated heterocycles. The fourth-order valence-corrected chi connectivity index (χ4v) is 3.69. The fraction of sp³-hybridized carbons (Fsp3) is 0.0870. The van der Waals surface area contributed by atoms with Gasteiger partial charge in [-0.1, -0.05) is 42.5 Å². The summed E-state index contributed by atoms with van der Waals surface area (Å²) in [5.41, 5.74) is 2.37. The number of carbonyl (C=O) groups is 2. The van der Waals surface area contributed by atoms with E-state index in [2.05, 4.69) is 5.32 Å². The van der Waals surface area contributed by atoms with Crippen molar-refractivity contribution in [3.8, 4) is 5.75 Å². The Morgan fingerprint density at radius 2 is 1.76 bits per heavy atom. The summed E-state index contributed by atoms with van der Waals surface area (Å²) in [4.78, 5) is 27.1. The van der Waals surface area contributed by atoms with Crippen molar-refractivity contribution in [3.63, 3.8) is 0 Å². The second kappa shape index (κ2) is 7.48. The third-order valence-electron chi connectivity index (χ3n) is 4.80. The first kappa shape index (κ1) is 18.8. The summed E-state index contributed by atoms with van der Waals surface area (Å²) >= 11 is 5.26. The number of nitrogens with one attached hydrogen (secondary N) is 1. The lowest BCUT2D eigenvalue weighted by Crippen LogP contribution is -2.54. The van der Waals surface area contributed by atoms with E-state index in [0.717, 1.165) is 27.6 Å². The molecule has 6 heteroatoms. The highest BCUT2D eigenvalue weighted by atomic mass is 32.1. The van der Waals surface area contributed by atoms with Crippen LogP contribution in [0.25, 0.3) is 16.8 Å². The molecule has 0 aliphatic carbocycles. The molecule has 0 aromatic heterocycles. The highest BCUT2D eigenvalue weighted by molar-refractivity contribution is 7.80. The first-order valence-corrected chi connectivity index (χ1v) is 9.44. The average Bonchev–Trinajstić information content (AvgIpc) is 2.71. The molecule has 0 radical (unpaired) electrons. The van der Waals surface area contributed by atoms with E-state index in [1.165, 1.54) is 4.90 Å². The summed E-state index contributed by atoms with van der Waals surface area (Å²) in [6.07, 6.45) is 1.60. The van der Waals surface area contributed by atoms with Gasteiger partial charge in [0.1, 0.15) is 11.3 Å². The first-order valence-electron chi connectivity index (χ1n) is 9.03. The van der Waals surface area contributed by atoms with E-state index in [9.17, 15) is 9.59 Å². The number of carbonyl (C=O) groups excluding carboxylic acids is 2. The van der Waals surface area contributed by atoms with E-state index in [0.29, 0.717) is 5.69 Å². The second-order valence-electron chi connectivity index (χ2n) is 6.70. The van der Waals surface area contributed by atoms with Gasteiger partial charge in [0.25, 0.3) is 11.8 Å². The zero-order valence-corrected chi connectivity index (χ0v) is 16.7. The van der Waals surface area contributed by atoms with Gasteiger partial charge < -0.3 is 4.74 Å². The van der Waals surface area contributed by atoms with Crippen molar-refractivity contribution < 1.29 is 14.3 Å². The topological polar surface area (TPSA) is 58.6 Å². The maximum Gasteiger partial charge on any atom is 0.270 e. The third kappa shape index (κ3) is 3.39. The number of ether oxygens (including phenoxy) is 1. The number of hydrogen-bond acceptors (Lipinski definition) is 4. The summed E-state index contributed by atoms with van der Waals surface area (Å²) in [6, 6.07) is 18.8. The Hall–Kier alpha value is -3.51. The average molecular weight is 402 g/mol. The number of anilines is 1. The Morgan fingerprint density at radius 3 is 2.48 bits per heavy atom. The van der Waals surface area contributed by atoms with Gasteiger partial charge in [0.05, 0.1) is 12.8 Å². The van der Waals surface area contributed by atoms with Crippen molar-refractivity contribution in [3.05, 3.63) is 77.4 Å². The SMILES string of the molecule is COc1ccc(C=C2C(=O)NC(=S)N(c3cccc(C)c3)C2=O)c2ccccc12. The van der Waals surface area contributed by atoms with E-state index >= 15 is 0 Å². The smallest absolute Gasteiger partial charge is 0.270 e. The molecule has 1 aliphatic rings. The zero-order chi connectivity index (χ0) is 20.5. The maximum atomic E-state index is 13.2. The molecule has 2 amide bonds. The molecule has 4 rings (SSSR count). The van der Waals surface area contributed by atoms with Gasteiger partial charge in [-0.05, 0) is 59.9 Å². The molecule has 1 heterocycles. The van der Waals surface area contributed by atoms with Crippen LogP contribution in [0, 0.1) is 6.92 Å². The molecular formula is C23H18N2O3S. The molecule has 0 unspecified atom stereocenters. The number of methoxy groups -OCH3 is 1. The summed E-state index contributed by atoms with van der Waals surface area (Å²) in [5.74, 6) is -0.238. The van der Waals surface area contributed by atoms with Crippen LogP contribution in [0.15, 0.2) is 66.2 Å². The van der Waals surface area contributed by atoms with Crippen LogP contribution in [-0.4, -0.2) is 24.0 Å². The van der Waals surface area contributed by atoms with E-state index in [4.69, 9.17) is 17.0 Å². The molecule has 0 atom stereocenters. The molecule has 29 heavy (non-hydrogen) atoms. The maximum absolute atomic E-state index is 13.2. The zero-order valence-electron chi connectivity index (χ0n) is 15.9. The Morgan fingerprint density at radius 1 is 1.00 bits per heavy atom. The van der Waals surface area contributed by atoms with Crippen molar-refractivity contribution >= 4 is 51.7 Å². The molecule has 0 spiro atoms. The van der Waals surface area contributed by atoms with Gasteiger partial charge >= 0.3 is 0 Å². The summed E-state index contributed by atoms with van der Waals surface area (Å²) in [5, 5.41) is 4.48. The number of benzene rings is 3. The van der Waals surface area contributed by atoms with E-state index < -0.39 is 11.8 Å². The number of aryl methyl sites for hydroxylation is 1. The van der Waals surface area contributed by atoms with Crippen LogP contribution in [0.4, 0.5) is 5.69 Å². The Kier molecular flexibility index (Phi) is 4.86. The molecule has 144 valence electrons. The van der Waals surface area contributed by atoms with Gasteiger partial charge in [-0.25, -0.2) is 0 Å². The quantitative estimate of drug-likeness (QED) is 0.409. The summed E-state index contributed by atoms with van der Waals surface area (Å²) in [6.45, 7) is 1.93. The van der Waals surface area contributed by atoms with Gasteiger partial charge in [0.2, 0.25) is 0 Å². The molecule has 5 nitrogen and oxygen atoms in total. The standard InChI is InChI=1S/C23H18N2O3S/c1-14-6-5-7-16(12-14)25-22(27)19(21(26)24-23(25)29)13-15-10-11-20(28-2)18-9-4-3-8-17(15)18/h3-13H,1-2H3,(H,24,26,29). The largest absolute Gasteiger partial charge is 0.496 e. The van der Waals surface area contributed by atoms with Crippen LogP contribution in [-0.2, 0) is 9.59 Å². The number of fused-ring (bicyclic) bond motifs is 1. The van der Waals surface area contributed by atoms with Crippen LogP contribution in [0.5, 0.6) is 5.75 Å². The van der Waals surface area contributed by atoms with E-state index in [1.54, 1.807) is 19.3 Å². The monoisotopic (exact) mass is 402 g/mol. The normalized spacial score (nSPS) is 15.7. The lowest BCUT2D eigenvalue weighted by atomic mass is 10.00. The van der Waals surface area contributed by atoms with E-state index in [1.807, 2.05) is 61.5 Å². The van der Waals surface area contributed by atoms with Crippen LogP contribution in [0.2, 0.25) is 0 Å². The minimum atomic E-state index is -0.510. The van der Waals surface area contributed by atoms with Crippen LogP contribution in [0.3, 0.4) is 0 Å². The van der Waals surface area contributed by atoms with E-state index in [-0.39, 0.29) is 10.7 Å². The Labute approximate surface area is 173 Å². The minimum Gasteiger partial charge on any atom is -0.496 e. The van der Waals surface area contributed by atoms with Gasteiger partial charge in [-0.3, -0.25) is 19.8 Å². The number of amides is 2. The fourth-order valence-electron chi connectivity index (χ4n) is 3.41. The Balaban J connectivity index is 1.83. The molecule has 1 fully saturated rings. The Bertz CT molecular complexity index is 1200.